The van der Waals surface area contributed by atoms with Crippen LogP contribution in [-0.2, 0) is 14.8 Å². The van der Waals surface area contributed by atoms with E-state index >= 15 is 0 Å². The Morgan fingerprint density at radius 2 is 1.89 bits per heavy atom. The quantitative estimate of drug-likeness (QED) is 0.622. The second-order valence-corrected chi connectivity index (χ2v) is 5.30. The van der Waals surface area contributed by atoms with Crippen molar-refractivity contribution in [3.63, 3.8) is 0 Å². The van der Waals surface area contributed by atoms with Gasteiger partial charge in [0.2, 0.25) is 0 Å². The first-order valence-electron chi connectivity index (χ1n) is 5.78. The highest BCUT2D eigenvalue weighted by Crippen LogP contribution is 2.21. The number of para-hydroxylation sites is 1. The molecule has 100 valence electrons. The monoisotopic (exact) mass is 278 g/mol. The Hall–Kier alpha value is -2.08. The highest BCUT2D eigenvalue weighted by atomic mass is 32.2. The average Bonchev–Trinajstić information content (AvgIpc) is 2.93. The number of hydrogen-bond acceptors (Lipinski definition) is 3. The molecule has 1 aromatic heterocycles. The van der Waals surface area contributed by atoms with Crippen LogP contribution in [0.5, 0.6) is 0 Å². The minimum absolute atomic E-state index is 0.141. The number of benzene rings is 1. The molecule has 2 rings (SSSR count). The van der Waals surface area contributed by atoms with Gasteiger partial charge >= 0.3 is 0 Å². The summed E-state index contributed by atoms with van der Waals surface area (Å²) in [6.45, 7) is 2.13. The highest BCUT2D eigenvalue weighted by Gasteiger charge is 2.17. The molecule has 0 aliphatic carbocycles. The fraction of sp³-hybridized carbons (Fsp3) is 0.154. The van der Waals surface area contributed by atoms with Crippen LogP contribution < -0.4 is 0 Å². The minimum Gasteiger partial charge on any atom is -0.483 e. The molecule has 0 atom stereocenters. The van der Waals surface area contributed by atoms with E-state index in [4.69, 9.17) is 4.74 Å². The molecule has 5 nitrogen and oxygen atoms in total. The van der Waals surface area contributed by atoms with Crippen LogP contribution in [0, 0.1) is 0 Å². The lowest BCUT2D eigenvalue weighted by Gasteiger charge is -2.08. The Kier molecular flexibility index (Phi) is 4.01. The molecular weight excluding hydrogens is 264 g/mol. The maximum absolute atomic E-state index is 12.1. The summed E-state index contributed by atoms with van der Waals surface area (Å²) in [7, 11) is -3.77. The van der Waals surface area contributed by atoms with Gasteiger partial charge in [0.25, 0.3) is 10.0 Å². The number of rotatable bonds is 5. The lowest BCUT2D eigenvalue weighted by molar-refractivity contribution is 0.344. The number of nitrogens with zero attached hydrogens (tertiary/aromatic N) is 2. The number of aromatic nitrogens is 1. The molecule has 0 N–H and O–H groups in total. The van der Waals surface area contributed by atoms with E-state index in [0.717, 1.165) is 6.40 Å². The fourth-order valence-corrected chi connectivity index (χ4v) is 2.58. The third-order valence-corrected chi connectivity index (χ3v) is 3.71. The molecule has 1 heterocycles. The normalized spacial score (nSPS) is 11.8. The van der Waals surface area contributed by atoms with Crippen molar-refractivity contribution in [1.29, 1.82) is 0 Å². The van der Waals surface area contributed by atoms with Crippen molar-refractivity contribution >= 4 is 16.4 Å². The van der Waals surface area contributed by atoms with Crippen LogP contribution >= 0.6 is 0 Å². The number of sulfonamides is 1. The molecule has 2 aromatic rings. The van der Waals surface area contributed by atoms with E-state index in [0.29, 0.717) is 12.3 Å². The van der Waals surface area contributed by atoms with Gasteiger partial charge in [-0.05, 0) is 31.2 Å². The van der Waals surface area contributed by atoms with Crippen LogP contribution in [0.3, 0.4) is 0 Å². The molecule has 1 aromatic carbocycles. The van der Waals surface area contributed by atoms with Crippen LogP contribution in [-0.4, -0.2) is 26.0 Å². The van der Waals surface area contributed by atoms with Crippen LogP contribution in [0.4, 0.5) is 0 Å². The molecule has 0 bridgehead atoms. The molecular formula is C13H14N2O3S. The predicted octanol–water partition coefficient (Wildman–Crippen LogP) is 2.23. The third kappa shape index (κ3) is 3.03. The van der Waals surface area contributed by atoms with E-state index in [2.05, 4.69) is 4.40 Å². The van der Waals surface area contributed by atoms with Gasteiger partial charge in [0, 0.05) is 12.4 Å². The maximum atomic E-state index is 12.1. The molecule has 0 aliphatic heterocycles. The summed E-state index contributed by atoms with van der Waals surface area (Å²) in [5.41, 5.74) is 0.557. The molecule has 0 fully saturated rings. The van der Waals surface area contributed by atoms with E-state index < -0.39 is 10.0 Å². The van der Waals surface area contributed by atoms with Crippen LogP contribution in [0.1, 0.15) is 6.92 Å². The van der Waals surface area contributed by atoms with Gasteiger partial charge in [0.1, 0.15) is 4.90 Å². The zero-order chi connectivity index (χ0) is 13.7. The van der Waals surface area contributed by atoms with Crippen molar-refractivity contribution in [3.05, 3.63) is 48.8 Å². The summed E-state index contributed by atoms with van der Waals surface area (Å²) < 4.78 is 34.3. The predicted molar refractivity (Wildman–Crippen MR) is 73.1 cm³/mol. The van der Waals surface area contributed by atoms with Gasteiger partial charge in [0.05, 0.1) is 12.3 Å². The molecule has 0 aliphatic rings. The first-order valence-corrected chi connectivity index (χ1v) is 7.22. The number of hydrogen-bond donors (Lipinski definition) is 0. The summed E-state index contributed by atoms with van der Waals surface area (Å²) >= 11 is 0. The lowest BCUT2D eigenvalue weighted by Crippen LogP contribution is -2.04. The van der Waals surface area contributed by atoms with E-state index in [-0.39, 0.29) is 4.90 Å². The molecule has 19 heavy (non-hydrogen) atoms. The van der Waals surface area contributed by atoms with Gasteiger partial charge in [0.15, 0.2) is 6.40 Å². The van der Waals surface area contributed by atoms with E-state index in [1.807, 2.05) is 12.1 Å². The van der Waals surface area contributed by atoms with Crippen LogP contribution in [0.2, 0.25) is 0 Å². The zero-order valence-electron chi connectivity index (χ0n) is 10.4. The topological polar surface area (TPSA) is 60.7 Å². The van der Waals surface area contributed by atoms with Crippen molar-refractivity contribution < 1.29 is 13.2 Å². The Morgan fingerprint density at radius 1 is 1.21 bits per heavy atom. The molecule has 0 radical (unpaired) electrons. The summed E-state index contributed by atoms with van der Waals surface area (Å²) in [4.78, 5) is 0.141. The molecule has 0 saturated carbocycles. The minimum atomic E-state index is -3.77. The Labute approximate surface area is 112 Å². The van der Waals surface area contributed by atoms with E-state index in [1.54, 1.807) is 42.1 Å². The van der Waals surface area contributed by atoms with Crippen molar-refractivity contribution in [3.8, 4) is 5.69 Å². The Bertz CT molecular complexity index is 661. The van der Waals surface area contributed by atoms with Gasteiger partial charge < -0.3 is 9.30 Å². The summed E-state index contributed by atoms with van der Waals surface area (Å²) in [6.07, 6.45) is 4.52. The van der Waals surface area contributed by atoms with Crippen LogP contribution in [0.25, 0.3) is 5.69 Å². The molecule has 0 amide bonds. The average molecular weight is 278 g/mol. The zero-order valence-corrected chi connectivity index (χ0v) is 11.2. The van der Waals surface area contributed by atoms with Gasteiger partial charge in [-0.3, -0.25) is 0 Å². The molecule has 0 unspecified atom stereocenters. The van der Waals surface area contributed by atoms with Gasteiger partial charge in [-0.25, -0.2) is 0 Å². The lowest BCUT2D eigenvalue weighted by atomic mass is 10.3. The van der Waals surface area contributed by atoms with Crippen LogP contribution in [0.15, 0.2) is 58.1 Å². The molecule has 0 saturated heterocycles. The van der Waals surface area contributed by atoms with E-state index in [1.165, 1.54) is 6.07 Å². The molecule has 6 heteroatoms. The van der Waals surface area contributed by atoms with Crippen molar-refractivity contribution in [2.24, 2.45) is 4.40 Å². The highest BCUT2D eigenvalue weighted by molar-refractivity contribution is 7.90. The van der Waals surface area contributed by atoms with Crippen molar-refractivity contribution in [2.45, 2.75) is 11.8 Å². The third-order valence-electron chi connectivity index (χ3n) is 2.45. The van der Waals surface area contributed by atoms with Crippen molar-refractivity contribution in [2.75, 3.05) is 6.61 Å². The second kappa shape index (κ2) is 5.71. The summed E-state index contributed by atoms with van der Waals surface area (Å²) in [5, 5.41) is 0. The second-order valence-electron chi connectivity index (χ2n) is 3.70. The van der Waals surface area contributed by atoms with E-state index in [9.17, 15) is 8.42 Å². The van der Waals surface area contributed by atoms with Gasteiger partial charge in [-0.2, -0.15) is 8.42 Å². The number of ether oxygens (including phenoxy) is 1. The fourth-order valence-electron chi connectivity index (χ4n) is 1.60. The standard InChI is InChI=1S/C13H14N2O3S/c1-2-18-11-14-19(16,17)13-8-4-3-7-12(13)15-9-5-6-10-15/h3-11H,2H2,1H3/b14-11+. The SMILES string of the molecule is CCO/C=N/S(=O)(=O)c1ccccc1-n1cccc1. The first kappa shape index (κ1) is 13.4. The Morgan fingerprint density at radius 3 is 2.58 bits per heavy atom. The van der Waals surface area contributed by atoms with Gasteiger partial charge in [-0.15, -0.1) is 4.40 Å². The van der Waals surface area contributed by atoms with Crippen molar-refractivity contribution in [1.82, 2.24) is 4.57 Å². The van der Waals surface area contributed by atoms with Gasteiger partial charge in [-0.1, -0.05) is 12.1 Å². The maximum Gasteiger partial charge on any atom is 0.287 e. The molecule has 0 spiro atoms. The first-order chi connectivity index (χ1) is 9.15. The summed E-state index contributed by atoms with van der Waals surface area (Å²) in [5.74, 6) is 0. The largest absolute Gasteiger partial charge is 0.483 e. The summed E-state index contributed by atoms with van der Waals surface area (Å²) in [6, 6.07) is 10.3. The smallest absolute Gasteiger partial charge is 0.287 e. The Balaban J connectivity index is 2.46.